The van der Waals surface area contributed by atoms with Crippen LogP contribution in [-0.2, 0) is 35.8 Å². The molecule has 108 heavy (non-hydrogen) atoms. The van der Waals surface area contributed by atoms with E-state index >= 15 is 0 Å². The largest absolute Gasteiger partial charge is 0.569 e. The summed E-state index contributed by atoms with van der Waals surface area (Å²) in [6.07, 6.45) is 10.1. The zero-order valence-electron chi connectivity index (χ0n) is 59.0. The first-order valence-corrected chi connectivity index (χ1v) is 35.3. The molecule has 0 saturated heterocycles. The maximum atomic E-state index is 10.9. The van der Waals surface area contributed by atoms with Crippen LogP contribution in [0.15, 0.2) is 174 Å². The molecule has 7 aromatic heterocycles. The Morgan fingerprint density at radius 2 is 0.963 bits per heavy atom. The number of azide groups is 1. The lowest BCUT2D eigenvalue weighted by atomic mass is 10.1. The highest BCUT2D eigenvalue weighted by atomic mass is 35.5. The minimum Gasteiger partial charge on any atom is -0.537 e. The average Bonchev–Trinajstić information content (AvgIpc) is 1.48. The number of aryl methyl sites for hydroxylation is 2. The van der Waals surface area contributed by atoms with Gasteiger partial charge >= 0.3 is 7.69 Å². The minimum absolute atomic E-state index is 0. The van der Waals surface area contributed by atoms with E-state index in [-0.39, 0.29) is 48.4 Å². The van der Waals surface area contributed by atoms with Crippen molar-refractivity contribution in [2.75, 3.05) is 22.2 Å². The van der Waals surface area contributed by atoms with Gasteiger partial charge in [0.2, 0.25) is 32.8 Å². The first kappa shape index (κ1) is 87.9. The second-order valence-electron chi connectivity index (χ2n) is 23.0. The van der Waals surface area contributed by atoms with Crippen LogP contribution in [0.5, 0.6) is 5.75 Å². The van der Waals surface area contributed by atoms with Crippen molar-refractivity contribution in [1.29, 1.82) is 21.0 Å². The minimum atomic E-state index is -3.44. The van der Waals surface area contributed by atoms with Crippen molar-refractivity contribution in [3.63, 3.8) is 0 Å². The zero-order chi connectivity index (χ0) is 77.1. The SMILES string of the molecule is C.C.C#Cc1cc(-c2cccc(C#N)c2)nc(NC(C)C)n1.CC(C)Nc1nc(Cl)cc(-c2cccc(C#N)c2)n1.CCc1cccc(CN=[N+]=[N-])n1.CCc1cccc(Cn2cc(-c3cc(-c4cccc(C#N)c4)nc(NC(C)C)n3)nn2)n1.CS(=O)(=O)c1nc(Cl)cc(Cl)n1.N#Cc1cccc(O[B]O)c1. The van der Waals surface area contributed by atoms with Gasteiger partial charge in [0.25, 0.3) is 0 Å². The Balaban J connectivity index is 0.000000286. The van der Waals surface area contributed by atoms with E-state index in [0.29, 0.717) is 106 Å². The normalized spacial score (nSPS) is 9.99. The Labute approximate surface area is 645 Å². The molecule has 0 saturated carbocycles. The zero-order valence-corrected chi connectivity index (χ0v) is 62.0. The Hall–Kier alpha value is -12.5. The number of sulfone groups is 1. The van der Waals surface area contributed by atoms with Gasteiger partial charge in [-0.05, 0) is 151 Å². The van der Waals surface area contributed by atoms with Gasteiger partial charge in [0.05, 0.1) is 94.3 Å². The summed E-state index contributed by atoms with van der Waals surface area (Å²) in [6.45, 7) is 17.1. The molecule has 7 heterocycles. The lowest BCUT2D eigenvalue weighted by Gasteiger charge is -2.11. The van der Waals surface area contributed by atoms with Crippen LogP contribution in [0.3, 0.4) is 0 Å². The Bertz CT molecular complexity index is 5160. The molecule has 4 aromatic carbocycles. The summed E-state index contributed by atoms with van der Waals surface area (Å²) in [6, 6.07) is 55.6. The lowest BCUT2D eigenvalue weighted by Crippen LogP contribution is -2.13. The highest BCUT2D eigenvalue weighted by Crippen LogP contribution is 2.27. The van der Waals surface area contributed by atoms with Gasteiger partial charge in [0.1, 0.15) is 32.6 Å². The van der Waals surface area contributed by atoms with Crippen LogP contribution in [0, 0.1) is 57.7 Å². The molecule has 4 N–H and O–H groups in total. The van der Waals surface area contributed by atoms with Gasteiger partial charge in [0, 0.05) is 75.2 Å². The number of benzene rings is 4. The van der Waals surface area contributed by atoms with Gasteiger partial charge in [-0.3, -0.25) is 9.97 Å². The number of nitrogens with one attached hydrogen (secondary N) is 3. The number of nitriles is 4. The smallest absolute Gasteiger partial charge is 0.537 e. The fourth-order valence-electron chi connectivity index (χ4n) is 8.80. The topological polar surface area (TPSA) is 403 Å². The Morgan fingerprint density at radius 1 is 0.546 bits per heavy atom. The maximum Gasteiger partial charge on any atom is 0.569 e. The molecular weight excluding hydrogens is 1450 g/mol. The van der Waals surface area contributed by atoms with Gasteiger partial charge in [-0.1, -0.05) is 134 Å². The van der Waals surface area contributed by atoms with E-state index in [1.54, 1.807) is 65.3 Å². The average molecular weight is 1530 g/mol. The lowest BCUT2D eigenvalue weighted by molar-refractivity contribution is 0.453. The van der Waals surface area contributed by atoms with E-state index in [1.807, 2.05) is 146 Å². The number of hydrogen-bond donors (Lipinski definition) is 4. The molecule has 11 rings (SSSR count). The molecule has 0 fully saturated rings. The predicted molar refractivity (Wildman–Crippen MR) is 422 cm³/mol. The number of nitrogens with zero attached hydrogens (tertiary/aromatic N) is 20. The van der Waals surface area contributed by atoms with Crippen molar-refractivity contribution < 1.29 is 18.1 Å². The predicted octanol–water partition coefficient (Wildman–Crippen LogP) is 15.8. The number of hydrogen-bond acceptors (Lipinski definition) is 24. The molecule has 0 aliphatic carbocycles. The van der Waals surface area contributed by atoms with E-state index in [9.17, 15) is 13.7 Å². The summed E-state index contributed by atoms with van der Waals surface area (Å²) in [5.41, 5.74) is 20.6. The van der Waals surface area contributed by atoms with Crippen molar-refractivity contribution in [3.05, 3.63) is 241 Å². The monoisotopic (exact) mass is 1520 g/mol. The highest BCUT2D eigenvalue weighted by molar-refractivity contribution is 7.90. The summed E-state index contributed by atoms with van der Waals surface area (Å²) in [5, 5.41) is 65.4. The second-order valence-corrected chi connectivity index (χ2v) is 26.1. The third kappa shape index (κ3) is 29.9. The molecule has 27 nitrogen and oxygen atoms in total. The Morgan fingerprint density at radius 3 is 1.43 bits per heavy atom. The van der Waals surface area contributed by atoms with Crippen LogP contribution < -0.4 is 20.6 Å². The van der Waals surface area contributed by atoms with E-state index in [2.05, 4.69) is 122 Å². The first-order valence-electron chi connectivity index (χ1n) is 32.3. The van der Waals surface area contributed by atoms with Crippen LogP contribution in [0.25, 0.3) is 55.6 Å². The number of rotatable bonds is 19. The van der Waals surface area contributed by atoms with Crippen LogP contribution in [0.1, 0.15) is 121 Å². The summed E-state index contributed by atoms with van der Waals surface area (Å²) in [7, 11) is -2.86. The molecule has 551 valence electrons. The molecular formula is C76H78BCl3N23O4S. The van der Waals surface area contributed by atoms with Crippen molar-refractivity contribution in [3.8, 4) is 87.5 Å². The molecule has 0 bridgehead atoms. The molecule has 32 heteroatoms. The quantitative estimate of drug-likeness (QED) is 0.0111. The molecule has 0 unspecified atom stereocenters. The van der Waals surface area contributed by atoms with Gasteiger partial charge in [0.15, 0.2) is 0 Å². The summed E-state index contributed by atoms with van der Waals surface area (Å²) < 4.78 is 28.2. The molecule has 11 aromatic rings. The molecule has 0 aliphatic rings. The molecule has 0 aliphatic heterocycles. The van der Waals surface area contributed by atoms with Crippen LogP contribution >= 0.6 is 34.8 Å². The van der Waals surface area contributed by atoms with Crippen LogP contribution in [0.4, 0.5) is 17.8 Å². The molecule has 0 spiro atoms. The summed E-state index contributed by atoms with van der Waals surface area (Å²) in [5.74, 6) is 4.45. The second kappa shape index (κ2) is 45.0. The fourth-order valence-corrected chi connectivity index (χ4v) is 10.0. The van der Waals surface area contributed by atoms with Gasteiger partial charge < -0.3 is 25.6 Å². The molecule has 1 radical (unpaired) electrons. The van der Waals surface area contributed by atoms with E-state index in [0.717, 1.165) is 58.6 Å². The van der Waals surface area contributed by atoms with Gasteiger partial charge in [-0.15, -0.1) is 11.5 Å². The third-order valence-corrected chi connectivity index (χ3v) is 14.8. The van der Waals surface area contributed by atoms with Crippen molar-refractivity contribution in [1.82, 2.24) is 64.8 Å². The number of terminal acetylenes is 1. The number of halogens is 3. The van der Waals surface area contributed by atoms with Gasteiger partial charge in [-0.25, -0.2) is 53.0 Å². The molecule has 0 atom stereocenters. The van der Waals surface area contributed by atoms with E-state index in [1.165, 1.54) is 12.1 Å². The van der Waals surface area contributed by atoms with Crippen molar-refractivity contribution >= 4 is 70.2 Å². The number of anilines is 3. The van der Waals surface area contributed by atoms with Crippen LogP contribution in [-0.4, -0.2) is 110 Å². The summed E-state index contributed by atoms with van der Waals surface area (Å²) in [4.78, 5) is 45.0. The molecule has 0 amide bonds. The first-order chi connectivity index (χ1) is 50.9. The van der Waals surface area contributed by atoms with Crippen LogP contribution in [0.2, 0.25) is 15.5 Å². The Kier molecular flexibility index (Phi) is 36.6. The number of aromatic nitrogens is 13. The fraction of sp³-hybridized carbons (Fsp3) is 0.237. The van der Waals surface area contributed by atoms with E-state index < -0.39 is 9.84 Å². The van der Waals surface area contributed by atoms with E-state index in [4.69, 9.17) is 67.6 Å². The number of pyridine rings is 2. The van der Waals surface area contributed by atoms with Crippen molar-refractivity contribution in [2.45, 2.75) is 119 Å². The summed E-state index contributed by atoms with van der Waals surface area (Å²) >= 11 is 16.9. The standard InChI is InChI=1S/C24H24N8.C16H14N4.C14H13ClN4.C8H10N4.C7H5BNO2.C5H4Cl2N2O2S.2CH4/c1-4-19-9-6-10-20(27-19)14-32-15-23(30-31-32)22-12-21(28-24(29-22)26-16(2)3)18-8-5-7-17(11-18)13-25;1-4-14-9-15(20-16(19-14)18-11(2)3)13-7-5-6-12(8-13)10-17;1-9(2)17-14-18-12(7-13(15)19-14)11-5-3-4-10(6-11)8-16;1-2-7-4-3-5-8(11-7)6-10-12-9;9-5-6-2-1-3-7(4-6)11-8-10;1-12(10,11)5-8-3(6)2-4(7)9-5;;/h5-12,15-16H,4,14H2,1-3H3,(H,26,28,29);1,5-9,11H,2-3H3,(H,18,19,20);3-7,9H,1-2H3,(H,17,18,19);3-5H,2,6H2,1H3;1-4,10H;2H,1H3;2*1H4. The van der Waals surface area contributed by atoms with Crippen molar-refractivity contribution in [2.24, 2.45) is 5.11 Å². The van der Waals surface area contributed by atoms with Gasteiger partial charge in [-0.2, -0.15) is 21.0 Å². The highest BCUT2D eigenvalue weighted by Gasteiger charge is 2.16. The third-order valence-electron chi connectivity index (χ3n) is 13.4. The maximum absolute atomic E-state index is 10.9.